The van der Waals surface area contributed by atoms with Gasteiger partial charge >= 0.3 is 12.0 Å². The smallest absolute Gasteiger partial charge is 0.318 e. The fourth-order valence-corrected chi connectivity index (χ4v) is 4.02. The highest BCUT2D eigenvalue weighted by atomic mass is 16.4. The van der Waals surface area contributed by atoms with Gasteiger partial charge in [0, 0.05) is 12.6 Å². The summed E-state index contributed by atoms with van der Waals surface area (Å²) in [7, 11) is 0. The highest BCUT2D eigenvalue weighted by molar-refractivity contribution is 5.75. The second-order valence-corrected chi connectivity index (χ2v) is 7.34. The third-order valence-electron chi connectivity index (χ3n) is 5.51. The molecule has 138 valence electrons. The summed E-state index contributed by atoms with van der Waals surface area (Å²) >= 11 is 0. The number of nitrogens with one attached hydrogen (secondary N) is 1. The molecule has 1 aromatic heterocycles. The number of amides is 2. The number of hydrogen-bond donors (Lipinski definition) is 2. The van der Waals surface area contributed by atoms with Crippen LogP contribution in [-0.4, -0.2) is 34.6 Å². The lowest BCUT2D eigenvalue weighted by molar-refractivity contribution is -0.142. The van der Waals surface area contributed by atoms with E-state index >= 15 is 0 Å². The Morgan fingerprint density at radius 1 is 1.12 bits per heavy atom. The molecule has 6 nitrogen and oxygen atoms in total. The molecule has 0 spiro atoms. The van der Waals surface area contributed by atoms with Crippen molar-refractivity contribution >= 4 is 12.0 Å². The molecule has 2 fully saturated rings. The number of hydrogen-bond acceptors (Lipinski definition) is 3. The van der Waals surface area contributed by atoms with Crippen molar-refractivity contribution in [2.24, 2.45) is 5.92 Å². The highest BCUT2D eigenvalue weighted by Gasteiger charge is 2.32. The number of furan rings is 1. The average molecular weight is 348 g/mol. The van der Waals surface area contributed by atoms with Crippen LogP contribution in [0.1, 0.15) is 68.9 Å². The van der Waals surface area contributed by atoms with E-state index in [-0.39, 0.29) is 24.0 Å². The minimum absolute atomic E-state index is 0.00782. The fraction of sp³-hybridized carbons (Fsp3) is 0.684. The van der Waals surface area contributed by atoms with E-state index in [9.17, 15) is 9.59 Å². The molecule has 0 radical (unpaired) electrons. The van der Waals surface area contributed by atoms with Crippen LogP contribution in [0.25, 0.3) is 0 Å². The van der Waals surface area contributed by atoms with E-state index in [4.69, 9.17) is 9.52 Å². The van der Waals surface area contributed by atoms with Gasteiger partial charge in [-0.25, -0.2) is 4.79 Å². The number of aliphatic carboxylic acids is 1. The van der Waals surface area contributed by atoms with Crippen LogP contribution >= 0.6 is 0 Å². The molecule has 2 aliphatic rings. The van der Waals surface area contributed by atoms with Gasteiger partial charge in [0.1, 0.15) is 11.5 Å². The second-order valence-electron chi connectivity index (χ2n) is 7.34. The Morgan fingerprint density at radius 2 is 1.88 bits per heavy atom. The lowest BCUT2D eigenvalue weighted by atomic mass is 9.86. The third kappa shape index (κ3) is 4.35. The zero-order valence-corrected chi connectivity index (χ0v) is 14.9. The molecular weight excluding hydrogens is 320 g/mol. The van der Waals surface area contributed by atoms with Crippen molar-refractivity contribution in [2.45, 2.75) is 70.4 Å². The minimum Gasteiger partial charge on any atom is -0.481 e. The molecule has 1 atom stereocenters. The maximum atomic E-state index is 12.9. The van der Waals surface area contributed by atoms with Gasteiger partial charge < -0.3 is 19.7 Å². The van der Waals surface area contributed by atoms with Gasteiger partial charge in [-0.05, 0) is 57.6 Å². The van der Waals surface area contributed by atoms with Crippen molar-refractivity contribution in [3.8, 4) is 0 Å². The number of urea groups is 1. The number of likely N-dealkylation sites (tertiary alicyclic amines) is 1. The van der Waals surface area contributed by atoms with Crippen LogP contribution in [0.15, 0.2) is 16.5 Å². The van der Waals surface area contributed by atoms with Gasteiger partial charge in [0.05, 0.1) is 12.0 Å². The molecule has 2 N–H and O–H groups in total. The van der Waals surface area contributed by atoms with Gasteiger partial charge in [0.2, 0.25) is 0 Å². The number of nitrogens with zero attached hydrogens (tertiary/aromatic N) is 1. The Balaban J connectivity index is 1.63. The standard InChI is InChI=1S/C19H28N2O4/c1-13-6-11-17(25-13)16-5-3-2-4-12-21(16)19(24)20-15-9-7-14(8-10-15)18(22)23/h6,11,14-16H,2-5,7-10,12H2,1H3,(H,20,24)(H,22,23). The van der Waals surface area contributed by atoms with E-state index in [0.717, 1.165) is 56.6 Å². The van der Waals surface area contributed by atoms with Crippen LogP contribution in [0, 0.1) is 12.8 Å². The third-order valence-corrected chi connectivity index (χ3v) is 5.51. The average Bonchev–Trinajstić information content (AvgIpc) is 2.88. The van der Waals surface area contributed by atoms with E-state index in [2.05, 4.69) is 5.32 Å². The molecule has 0 aromatic carbocycles. The van der Waals surface area contributed by atoms with E-state index in [1.54, 1.807) is 0 Å². The Bertz CT molecular complexity index is 604. The Kier molecular flexibility index (Phi) is 5.66. The van der Waals surface area contributed by atoms with Crippen LogP contribution in [0.5, 0.6) is 0 Å². The molecule has 1 aliphatic heterocycles. The van der Waals surface area contributed by atoms with Crippen molar-refractivity contribution in [1.82, 2.24) is 10.2 Å². The normalized spacial score (nSPS) is 27.6. The predicted molar refractivity (Wildman–Crippen MR) is 93.3 cm³/mol. The summed E-state index contributed by atoms with van der Waals surface area (Å²) in [5.41, 5.74) is 0. The van der Waals surface area contributed by atoms with Crippen LogP contribution in [0.4, 0.5) is 4.79 Å². The summed E-state index contributed by atoms with van der Waals surface area (Å²) < 4.78 is 5.80. The van der Waals surface area contributed by atoms with Crippen LogP contribution in [-0.2, 0) is 4.79 Å². The molecule has 2 amide bonds. The molecule has 2 heterocycles. The maximum Gasteiger partial charge on any atom is 0.318 e. The van der Waals surface area contributed by atoms with E-state index < -0.39 is 5.97 Å². The molecule has 1 saturated carbocycles. The Labute approximate surface area is 148 Å². The van der Waals surface area contributed by atoms with Crippen LogP contribution in [0.2, 0.25) is 0 Å². The largest absolute Gasteiger partial charge is 0.481 e. The van der Waals surface area contributed by atoms with E-state index in [1.165, 1.54) is 0 Å². The summed E-state index contributed by atoms with van der Waals surface area (Å²) in [6, 6.07) is 3.95. The van der Waals surface area contributed by atoms with Gasteiger partial charge in [-0.3, -0.25) is 4.79 Å². The molecule has 1 aromatic rings. The highest BCUT2D eigenvalue weighted by Crippen LogP contribution is 2.32. The van der Waals surface area contributed by atoms with Gasteiger partial charge in [0.15, 0.2) is 0 Å². The monoisotopic (exact) mass is 348 g/mol. The lowest BCUT2D eigenvalue weighted by Crippen LogP contribution is -2.47. The summed E-state index contributed by atoms with van der Waals surface area (Å²) in [6.07, 6.45) is 6.91. The summed E-state index contributed by atoms with van der Waals surface area (Å²) in [6.45, 7) is 2.66. The molecule has 1 aliphatic carbocycles. The predicted octanol–water partition coefficient (Wildman–Crippen LogP) is 3.86. The number of carbonyl (C=O) groups excluding carboxylic acids is 1. The minimum atomic E-state index is -0.717. The fourth-order valence-electron chi connectivity index (χ4n) is 4.02. The first-order chi connectivity index (χ1) is 12.0. The van der Waals surface area contributed by atoms with Gasteiger partial charge in [0.25, 0.3) is 0 Å². The van der Waals surface area contributed by atoms with Crippen LogP contribution in [0.3, 0.4) is 0 Å². The zero-order valence-electron chi connectivity index (χ0n) is 14.9. The summed E-state index contributed by atoms with van der Waals surface area (Å²) in [4.78, 5) is 25.9. The molecule has 6 heteroatoms. The quantitative estimate of drug-likeness (QED) is 0.869. The molecule has 3 rings (SSSR count). The number of aryl methyl sites for hydroxylation is 1. The zero-order chi connectivity index (χ0) is 17.8. The number of carboxylic acids is 1. The van der Waals surface area contributed by atoms with E-state index in [1.807, 2.05) is 24.0 Å². The second kappa shape index (κ2) is 7.93. The van der Waals surface area contributed by atoms with E-state index in [0.29, 0.717) is 12.8 Å². The lowest BCUT2D eigenvalue weighted by Gasteiger charge is -2.33. The van der Waals surface area contributed by atoms with Gasteiger partial charge in [-0.15, -0.1) is 0 Å². The molecule has 1 saturated heterocycles. The number of carboxylic acid groups (broad SMARTS) is 1. The number of carbonyl (C=O) groups is 2. The maximum absolute atomic E-state index is 12.9. The summed E-state index contributed by atoms with van der Waals surface area (Å²) in [5, 5.41) is 12.2. The molecule has 1 unspecified atom stereocenters. The van der Waals surface area contributed by atoms with Gasteiger partial charge in [-0.1, -0.05) is 12.8 Å². The van der Waals surface area contributed by atoms with Crippen molar-refractivity contribution in [3.05, 3.63) is 23.7 Å². The Morgan fingerprint density at radius 3 is 2.52 bits per heavy atom. The SMILES string of the molecule is Cc1ccc(C2CCCCCN2C(=O)NC2CCC(C(=O)O)CC2)o1. The van der Waals surface area contributed by atoms with Crippen molar-refractivity contribution in [2.75, 3.05) is 6.54 Å². The topological polar surface area (TPSA) is 82.8 Å². The van der Waals surface area contributed by atoms with Gasteiger partial charge in [-0.2, -0.15) is 0 Å². The first-order valence-corrected chi connectivity index (χ1v) is 9.41. The molecule has 0 bridgehead atoms. The van der Waals surface area contributed by atoms with Crippen LogP contribution < -0.4 is 5.32 Å². The number of rotatable bonds is 3. The molecular formula is C19H28N2O4. The van der Waals surface area contributed by atoms with Crippen molar-refractivity contribution in [3.63, 3.8) is 0 Å². The van der Waals surface area contributed by atoms with Crippen molar-refractivity contribution in [1.29, 1.82) is 0 Å². The summed E-state index contributed by atoms with van der Waals surface area (Å²) in [5.74, 6) is 0.756. The first kappa shape index (κ1) is 17.8. The molecule has 25 heavy (non-hydrogen) atoms. The Hall–Kier alpha value is -1.98. The van der Waals surface area contributed by atoms with Crippen molar-refractivity contribution < 1.29 is 19.1 Å². The first-order valence-electron chi connectivity index (χ1n) is 9.41.